The van der Waals surface area contributed by atoms with Crippen LogP contribution in [0.2, 0.25) is 0 Å². The van der Waals surface area contributed by atoms with Gasteiger partial charge in [0, 0.05) is 36.0 Å². The molecule has 0 bridgehead atoms. The molecule has 0 radical (unpaired) electrons. The van der Waals surface area contributed by atoms with Crippen LogP contribution in [0.15, 0.2) is 77.3 Å². The third-order valence-electron chi connectivity index (χ3n) is 6.62. The monoisotopic (exact) mass is 456 g/mol. The summed E-state index contributed by atoms with van der Waals surface area (Å²) in [5.74, 6) is 1.07. The minimum Gasteiger partial charge on any atom is -0.370 e. The van der Waals surface area contributed by atoms with E-state index in [2.05, 4.69) is 51.5 Å². The maximum Gasteiger partial charge on any atom is 0.251 e. The van der Waals surface area contributed by atoms with Gasteiger partial charge in [0.05, 0.1) is 5.56 Å². The lowest BCUT2D eigenvalue weighted by Gasteiger charge is -2.20. The third-order valence-corrected chi connectivity index (χ3v) is 6.62. The Bertz CT molecular complexity index is 1300. The Morgan fingerprint density at radius 1 is 1.18 bits per heavy atom. The summed E-state index contributed by atoms with van der Waals surface area (Å²) in [6.45, 7) is 3.11. The Morgan fingerprint density at radius 3 is 2.74 bits per heavy atom. The van der Waals surface area contributed by atoms with Crippen LogP contribution in [0.5, 0.6) is 0 Å². The highest BCUT2D eigenvalue weighted by Crippen LogP contribution is 2.29. The van der Waals surface area contributed by atoms with Gasteiger partial charge in [-0.3, -0.25) is 14.7 Å². The average Bonchev–Trinajstić information content (AvgIpc) is 3.43. The summed E-state index contributed by atoms with van der Waals surface area (Å²) in [6.07, 6.45) is 3.47. The topological polar surface area (TPSA) is 126 Å². The standard InChI is InChI=1S/C26H29N7O/c1-16(17-8-3-2-4-9-17)23-25(34)33-15-22(19-14-30-20-11-6-5-10-18(19)20)31-21(24(33)32-23)12-7-13-29-26(27)28/h2-6,8-11,14,16,23,30,32H,7,12-13,15H2,1H3,(H4,27,28,29)/p+1. The Labute approximate surface area is 198 Å². The molecule has 3 heterocycles. The van der Waals surface area contributed by atoms with Gasteiger partial charge in [-0.25, -0.2) is 4.99 Å². The van der Waals surface area contributed by atoms with E-state index in [9.17, 15) is 4.79 Å². The first-order chi connectivity index (χ1) is 16.5. The summed E-state index contributed by atoms with van der Waals surface area (Å²) in [5.41, 5.74) is 16.2. The normalized spacial score (nSPS) is 18.5. The molecule has 0 aliphatic carbocycles. The molecule has 1 fully saturated rings. The molecule has 0 saturated carbocycles. The van der Waals surface area contributed by atoms with Crippen molar-refractivity contribution in [2.24, 2.45) is 16.5 Å². The number of carbonyl (C=O) groups excluding carboxylic acids is 1. The van der Waals surface area contributed by atoms with E-state index in [-0.39, 0.29) is 23.8 Å². The van der Waals surface area contributed by atoms with E-state index in [0.717, 1.165) is 45.7 Å². The van der Waals surface area contributed by atoms with Gasteiger partial charge in [0.25, 0.3) is 5.91 Å². The minimum atomic E-state index is -0.325. The van der Waals surface area contributed by atoms with Gasteiger partial charge in [-0.15, -0.1) is 0 Å². The molecule has 1 aromatic heterocycles. The number of hydrogen-bond acceptors (Lipinski definition) is 3. The van der Waals surface area contributed by atoms with Gasteiger partial charge in [-0.2, -0.15) is 0 Å². The Hall–Kier alpha value is -4.07. The predicted octanol–water partition coefficient (Wildman–Crippen LogP) is 0.878. The van der Waals surface area contributed by atoms with Crippen molar-refractivity contribution in [3.63, 3.8) is 0 Å². The lowest BCUT2D eigenvalue weighted by atomic mass is 9.93. The molecule has 2 atom stereocenters. The first-order valence-corrected chi connectivity index (χ1v) is 11.6. The highest BCUT2D eigenvalue weighted by atomic mass is 16.2. The first-order valence-electron chi connectivity index (χ1n) is 11.6. The molecule has 2 aromatic carbocycles. The third kappa shape index (κ3) is 4.03. The molecule has 2 aliphatic heterocycles. The highest BCUT2D eigenvalue weighted by Gasteiger charge is 2.45. The number of fused-ring (bicyclic) bond motifs is 2. The molecule has 34 heavy (non-hydrogen) atoms. The molecule has 2 unspecified atom stereocenters. The van der Waals surface area contributed by atoms with Gasteiger partial charge in [0.15, 0.2) is 11.8 Å². The van der Waals surface area contributed by atoms with Crippen LogP contribution < -0.4 is 21.8 Å². The van der Waals surface area contributed by atoms with E-state index in [0.29, 0.717) is 19.5 Å². The number of para-hydroxylation sites is 1. The van der Waals surface area contributed by atoms with Crippen LogP contribution in [0.25, 0.3) is 10.9 Å². The SMILES string of the molecule is CC(c1ccccc1)C1NC2=C(CCCN=C(N)N)[NH+]=C(c3c[nH]c4ccccc34)CN2C1=O. The quantitative estimate of drug-likeness (QED) is 0.205. The zero-order chi connectivity index (χ0) is 23.7. The van der Waals surface area contributed by atoms with E-state index in [4.69, 9.17) is 11.5 Å². The number of aliphatic imine (C=N–C) groups is 1. The van der Waals surface area contributed by atoms with Crippen molar-refractivity contribution < 1.29 is 9.79 Å². The number of hydrogen-bond donors (Lipinski definition) is 5. The van der Waals surface area contributed by atoms with Crippen LogP contribution in [-0.4, -0.2) is 46.6 Å². The van der Waals surface area contributed by atoms with E-state index in [1.165, 1.54) is 0 Å². The number of aromatic nitrogens is 1. The second-order valence-electron chi connectivity index (χ2n) is 8.83. The van der Waals surface area contributed by atoms with Gasteiger partial charge in [0.1, 0.15) is 12.6 Å². The number of aromatic amines is 1. The Morgan fingerprint density at radius 2 is 1.94 bits per heavy atom. The Balaban J connectivity index is 1.48. The second kappa shape index (κ2) is 9.05. The molecule has 5 rings (SSSR count). The van der Waals surface area contributed by atoms with E-state index < -0.39 is 0 Å². The largest absolute Gasteiger partial charge is 0.370 e. The average molecular weight is 457 g/mol. The van der Waals surface area contributed by atoms with Crippen LogP contribution in [0.1, 0.15) is 36.8 Å². The smallest absolute Gasteiger partial charge is 0.251 e. The van der Waals surface area contributed by atoms with E-state index in [1.807, 2.05) is 41.4 Å². The van der Waals surface area contributed by atoms with Crippen molar-refractivity contribution in [1.29, 1.82) is 0 Å². The zero-order valence-corrected chi connectivity index (χ0v) is 19.2. The maximum atomic E-state index is 13.6. The molecule has 1 amide bonds. The van der Waals surface area contributed by atoms with E-state index >= 15 is 0 Å². The van der Waals surface area contributed by atoms with E-state index in [1.54, 1.807) is 0 Å². The number of rotatable bonds is 7. The molecule has 1 saturated heterocycles. The number of H-pyrrole nitrogens is 1. The fourth-order valence-electron chi connectivity index (χ4n) is 4.82. The van der Waals surface area contributed by atoms with Gasteiger partial charge >= 0.3 is 0 Å². The predicted molar refractivity (Wildman–Crippen MR) is 134 cm³/mol. The van der Waals surface area contributed by atoms with Gasteiger partial charge in [0.2, 0.25) is 11.4 Å². The van der Waals surface area contributed by atoms with Crippen molar-refractivity contribution in [2.75, 3.05) is 13.1 Å². The number of nitrogens with two attached hydrogens (primary N) is 2. The maximum absolute atomic E-state index is 13.6. The number of nitrogens with zero attached hydrogens (tertiary/aromatic N) is 2. The van der Waals surface area contributed by atoms with Gasteiger partial charge in [-0.05, 0) is 18.1 Å². The molecule has 8 nitrogen and oxygen atoms in total. The number of guanidine groups is 1. The van der Waals surface area contributed by atoms with Gasteiger partial charge in [-0.1, -0.05) is 55.5 Å². The summed E-state index contributed by atoms with van der Waals surface area (Å²) < 4.78 is 0. The molecular formula is C26H30N7O+. The second-order valence-corrected chi connectivity index (χ2v) is 8.83. The number of allylic oxidation sites excluding steroid dienone is 1. The fraction of sp³-hybridized carbons (Fsp3) is 0.269. The van der Waals surface area contributed by atoms with Gasteiger partial charge < -0.3 is 21.8 Å². The van der Waals surface area contributed by atoms with Crippen molar-refractivity contribution in [3.05, 3.63) is 83.4 Å². The molecule has 2 aliphatic rings. The number of carbonyl (C=O) groups is 1. The summed E-state index contributed by atoms with van der Waals surface area (Å²) in [6, 6.07) is 18.0. The zero-order valence-electron chi connectivity index (χ0n) is 19.2. The number of benzene rings is 2. The summed E-state index contributed by atoms with van der Waals surface area (Å²) >= 11 is 0. The highest BCUT2D eigenvalue weighted by molar-refractivity contribution is 6.10. The van der Waals surface area contributed by atoms with Crippen molar-refractivity contribution in [1.82, 2.24) is 15.2 Å². The summed E-state index contributed by atoms with van der Waals surface area (Å²) in [5, 5.41) is 4.66. The van der Waals surface area contributed by atoms with Crippen molar-refractivity contribution in [3.8, 4) is 0 Å². The molecule has 174 valence electrons. The molecule has 8 heteroatoms. The first kappa shape index (κ1) is 21.8. The van der Waals surface area contributed by atoms with Crippen LogP contribution in [-0.2, 0) is 4.79 Å². The summed E-state index contributed by atoms with van der Waals surface area (Å²) in [7, 11) is 0. The van der Waals surface area contributed by atoms with Crippen LogP contribution in [0.4, 0.5) is 0 Å². The fourth-order valence-corrected chi connectivity index (χ4v) is 4.82. The van der Waals surface area contributed by atoms with Crippen LogP contribution >= 0.6 is 0 Å². The molecule has 0 spiro atoms. The van der Waals surface area contributed by atoms with Crippen LogP contribution in [0, 0.1) is 0 Å². The lowest BCUT2D eigenvalue weighted by Crippen LogP contribution is -2.76. The van der Waals surface area contributed by atoms with Crippen molar-refractivity contribution >= 4 is 28.5 Å². The lowest BCUT2D eigenvalue weighted by molar-refractivity contribution is -0.407. The molecule has 7 N–H and O–H groups in total. The molecule has 3 aromatic rings. The molecular weight excluding hydrogens is 426 g/mol. The Kier molecular flexibility index (Phi) is 5.79. The minimum absolute atomic E-state index is 0.0335. The number of nitrogens with one attached hydrogen (secondary N) is 3. The van der Waals surface area contributed by atoms with Crippen LogP contribution in [0.3, 0.4) is 0 Å². The number of amides is 1. The summed E-state index contributed by atoms with van der Waals surface area (Å²) in [4.78, 5) is 26.6. The van der Waals surface area contributed by atoms with Crippen molar-refractivity contribution in [2.45, 2.75) is 31.7 Å².